The molecule has 0 spiro atoms. The number of aryl methyl sites for hydroxylation is 1. The van der Waals surface area contributed by atoms with Crippen molar-refractivity contribution in [3.8, 4) is 5.75 Å². The Labute approximate surface area is 187 Å². The Balaban J connectivity index is 1.65. The Morgan fingerprint density at radius 2 is 2.00 bits per heavy atom. The maximum absolute atomic E-state index is 13.3. The van der Waals surface area contributed by atoms with Gasteiger partial charge < -0.3 is 10.1 Å². The highest BCUT2D eigenvalue weighted by Gasteiger charge is 2.35. The molecular weight excluding hydrogens is 480 g/mol. The number of halogens is 4. The lowest BCUT2D eigenvalue weighted by Gasteiger charge is -2.28. The van der Waals surface area contributed by atoms with E-state index in [4.69, 9.17) is 27.9 Å². The van der Waals surface area contributed by atoms with E-state index in [0.29, 0.717) is 11.4 Å². The van der Waals surface area contributed by atoms with Crippen LogP contribution in [-0.4, -0.2) is 16.3 Å². The van der Waals surface area contributed by atoms with E-state index in [1.165, 1.54) is 29.8 Å². The first-order valence-corrected chi connectivity index (χ1v) is 10.9. The topological polar surface area (TPSA) is 38.3 Å². The van der Waals surface area contributed by atoms with Gasteiger partial charge in [-0.3, -0.25) is 4.79 Å². The van der Waals surface area contributed by atoms with Gasteiger partial charge in [-0.05, 0) is 60.9 Å². The van der Waals surface area contributed by atoms with Crippen LogP contribution in [0.4, 0.5) is 10.1 Å². The van der Waals surface area contributed by atoms with Crippen LogP contribution in [0, 0.1) is 11.7 Å². The van der Waals surface area contributed by atoms with Crippen LogP contribution in [0.3, 0.4) is 0 Å². The SMILES string of the molecule is O=C(Nc1cccc(F)c1)C1C=CC(Cl)(Oc2ccc(CCCBr)cc2)C(Cl)=C1. The van der Waals surface area contributed by atoms with E-state index < -0.39 is 16.8 Å². The van der Waals surface area contributed by atoms with Gasteiger partial charge in [-0.1, -0.05) is 63.4 Å². The zero-order valence-corrected chi connectivity index (χ0v) is 18.5. The summed E-state index contributed by atoms with van der Waals surface area (Å²) in [4.78, 5) is 12.4. The van der Waals surface area contributed by atoms with E-state index in [9.17, 15) is 9.18 Å². The Bertz CT molecular complexity index is 933. The lowest BCUT2D eigenvalue weighted by Crippen LogP contribution is -2.32. The summed E-state index contributed by atoms with van der Waals surface area (Å²) in [5.41, 5.74) is 1.57. The number of carbonyl (C=O) groups is 1. The first-order valence-electron chi connectivity index (χ1n) is 9.06. The van der Waals surface area contributed by atoms with Crippen molar-refractivity contribution in [1.82, 2.24) is 0 Å². The minimum atomic E-state index is -1.38. The van der Waals surface area contributed by atoms with Crippen molar-refractivity contribution in [1.29, 1.82) is 0 Å². The molecule has 2 aromatic carbocycles. The van der Waals surface area contributed by atoms with E-state index in [0.717, 1.165) is 18.2 Å². The van der Waals surface area contributed by atoms with Crippen molar-refractivity contribution in [3.63, 3.8) is 0 Å². The highest BCUT2D eigenvalue weighted by atomic mass is 79.9. The molecule has 2 aromatic rings. The molecule has 1 N–H and O–H groups in total. The summed E-state index contributed by atoms with van der Waals surface area (Å²) in [7, 11) is 0. The second-order valence-electron chi connectivity index (χ2n) is 6.58. The van der Waals surface area contributed by atoms with Crippen molar-refractivity contribution in [2.75, 3.05) is 10.6 Å². The van der Waals surface area contributed by atoms with Crippen molar-refractivity contribution in [2.45, 2.75) is 17.9 Å². The van der Waals surface area contributed by atoms with Crippen LogP contribution in [0.5, 0.6) is 5.75 Å². The number of rotatable bonds is 7. The second-order valence-corrected chi connectivity index (χ2v) is 8.34. The largest absolute Gasteiger partial charge is 0.463 e. The van der Waals surface area contributed by atoms with Crippen LogP contribution in [0.1, 0.15) is 12.0 Å². The number of nitrogens with one attached hydrogen (secondary N) is 1. The van der Waals surface area contributed by atoms with Gasteiger partial charge >= 0.3 is 0 Å². The van der Waals surface area contributed by atoms with E-state index in [2.05, 4.69) is 21.2 Å². The minimum absolute atomic E-state index is 0.185. The van der Waals surface area contributed by atoms with Crippen LogP contribution in [0.25, 0.3) is 0 Å². The molecule has 0 fully saturated rings. The Morgan fingerprint density at radius 3 is 2.66 bits per heavy atom. The fraction of sp³-hybridized carbons (Fsp3) is 0.227. The maximum Gasteiger partial charge on any atom is 0.237 e. The monoisotopic (exact) mass is 497 g/mol. The van der Waals surface area contributed by atoms with E-state index in [1.807, 2.05) is 24.3 Å². The molecule has 1 aliphatic carbocycles. The maximum atomic E-state index is 13.3. The van der Waals surface area contributed by atoms with Gasteiger partial charge in [0.05, 0.1) is 11.0 Å². The number of alkyl halides is 2. The molecule has 0 saturated carbocycles. The van der Waals surface area contributed by atoms with Crippen LogP contribution < -0.4 is 10.1 Å². The number of hydrogen-bond acceptors (Lipinski definition) is 2. The summed E-state index contributed by atoms with van der Waals surface area (Å²) in [6.07, 6.45) is 6.70. The molecule has 0 aromatic heterocycles. The van der Waals surface area contributed by atoms with Gasteiger partial charge in [0.2, 0.25) is 11.0 Å². The smallest absolute Gasteiger partial charge is 0.237 e. The third-order valence-corrected chi connectivity index (χ3v) is 5.82. The average molecular weight is 499 g/mol. The van der Waals surface area contributed by atoms with Crippen LogP contribution in [0.2, 0.25) is 0 Å². The Kier molecular flexibility index (Phi) is 7.38. The number of carbonyl (C=O) groups excluding carboxylic acids is 1. The van der Waals surface area contributed by atoms with E-state index >= 15 is 0 Å². The quantitative estimate of drug-likeness (QED) is 0.353. The Morgan fingerprint density at radius 1 is 1.24 bits per heavy atom. The number of amides is 1. The summed E-state index contributed by atoms with van der Waals surface area (Å²) < 4.78 is 19.1. The molecular formula is C22H19BrCl2FNO2. The fourth-order valence-corrected chi connectivity index (χ4v) is 3.58. The zero-order valence-electron chi connectivity index (χ0n) is 15.4. The molecule has 0 radical (unpaired) electrons. The molecule has 152 valence electrons. The summed E-state index contributed by atoms with van der Waals surface area (Å²) in [6.45, 7) is 0. The molecule has 0 heterocycles. The molecule has 1 aliphatic rings. The van der Waals surface area contributed by atoms with E-state index in [1.54, 1.807) is 18.2 Å². The number of anilines is 1. The normalized spacial score (nSPS) is 20.8. The first kappa shape index (κ1) is 21.9. The van der Waals surface area contributed by atoms with Crippen molar-refractivity contribution in [2.24, 2.45) is 5.92 Å². The van der Waals surface area contributed by atoms with Gasteiger partial charge in [-0.25, -0.2) is 4.39 Å². The standard InChI is InChI=1S/C22H19BrCl2FNO2/c23-12-2-3-15-6-8-19(9-7-15)29-22(25)11-10-16(13-20(22)24)21(28)27-18-5-1-4-17(26)14-18/h1,4-11,13-14,16H,2-3,12H2,(H,27,28). The van der Waals surface area contributed by atoms with Crippen molar-refractivity contribution >= 4 is 50.7 Å². The fourth-order valence-electron chi connectivity index (χ4n) is 2.84. The highest BCUT2D eigenvalue weighted by Crippen LogP contribution is 2.37. The van der Waals surface area contributed by atoms with Crippen molar-refractivity contribution < 1.29 is 13.9 Å². The summed E-state index contributed by atoms with van der Waals surface area (Å²) in [6, 6.07) is 13.3. The molecule has 0 aliphatic heterocycles. The predicted octanol–water partition coefficient (Wildman–Crippen LogP) is 6.41. The van der Waals surface area contributed by atoms with Crippen LogP contribution >= 0.6 is 39.1 Å². The van der Waals surface area contributed by atoms with E-state index in [-0.39, 0.29) is 10.9 Å². The van der Waals surface area contributed by atoms with Gasteiger partial charge in [-0.2, -0.15) is 0 Å². The van der Waals surface area contributed by atoms with Gasteiger partial charge in [0.1, 0.15) is 11.6 Å². The molecule has 0 bridgehead atoms. The van der Waals surface area contributed by atoms with Gasteiger partial charge in [-0.15, -0.1) is 0 Å². The lowest BCUT2D eigenvalue weighted by atomic mass is 10.00. The van der Waals surface area contributed by atoms with Crippen LogP contribution in [-0.2, 0) is 11.2 Å². The number of benzene rings is 2. The first-order chi connectivity index (χ1) is 13.9. The molecule has 3 rings (SSSR count). The van der Waals surface area contributed by atoms with Gasteiger partial charge in [0.25, 0.3) is 0 Å². The average Bonchev–Trinajstić information content (AvgIpc) is 2.69. The summed E-state index contributed by atoms with van der Waals surface area (Å²) >= 11 is 16.3. The van der Waals surface area contributed by atoms with Gasteiger partial charge in [0, 0.05) is 11.0 Å². The zero-order chi connectivity index (χ0) is 20.9. The van der Waals surface area contributed by atoms with Crippen molar-refractivity contribution in [3.05, 3.63) is 83.2 Å². The molecule has 7 heteroatoms. The molecule has 1 amide bonds. The third kappa shape index (κ3) is 5.84. The Hall–Kier alpha value is -1.82. The number of hydrogen-bond donors (Lipinski definition) is 1. The lowest BCUT2D eigenvalue weighted by molar-refractivity contribution is -0.117. The molecule has 3 nitrogen and oxygen atoms in total. The summed E-state index contributed by atoms with van der Waals surface area (Å²) in [5.74, 6) is -0.851. The summed E-state index contributed by atoms with van der Waals surface area (Å²) in [5, 5.41) is 2.41. The molecule has 2 unspecified atom stereocenters. The second kappa shape index (κ2) is 9.79. The van der Waals surface area contributed by atoms with Gasteiger partial charge in [0.15, 0.2) is 0 Å². The minimum Gasteiger partial charge on any atom is -0.463 e. The molecule has 2 atom stereocenters. The highest BCUT2D eigenvalue weighted by molar-refractivity contribution is 9.09. The molecule has 0 saturated heterocycles. The van der Waals surface area contributed by atoms with Crippen LogP contribution in [0.15, 0.2) is 71.8 Å². The third-order valence-electron chi connectivity index (χ3n) is 4.35. The number of ether oxygens (including phenoxy) is 1. The predicted molar refractivity (Wildman–Crippen MR) is 119 cm³/mol. The molecule has 29 heavy (non-hydrogen) atoms.